The van der Waals surface area contributed by atoms with E-state index in [2.05, 4.69) is 5.32 Å². The van der Waals surface area contributed by atoms with E-state index < -0.39 is 6.09 Å². The van der Waals surface area contributed by atoms with Crippen LogP contribution in [0.4, 0.5) is 4.79 Å². The van der Waals surface area contributed by atoms with E-state index in [0.29, 0.717) is 66.1 Å². The maximum absolute atomic E-state index is 10.7. The molecule has 0 aromatic heterocycles. The van der Waals surface area contributed by atoms with Crippen molar-refractivity contribution >= 4 is 6.09 Å². The molecule has 0 unspecified atom stereocenters. The fraction of sp³-hybridized carbons (Fsp3) is 0.929. The van der Waals surface area contributed by atoms with Crippen LogP contribution in [0.1, 0.15) is 0 Å². The number of hydrogen-bond acceptors (Lipinski definition) is 8. The summed E-state index contributed by atoms with van der Waals surface area (Å²) >= 11 is 0. The van der Waals surface area contributed by atoms with E-state index in [-0.39, 0.29) is 13.2 Å². The summed E-state index contributed by atoms with van der Waals surface area (Å²) in [4.78, 5) is 10.7. The molecule has 2 N–H and O–H groups in total. The first-order valence-electron chi connectivity index (χ1n) is 7.65. The fourth-order valence-electron chi connectivity index (χ4n) is 1.31. The number of ether oxygens (including phenoxy) is 6. The molecule has 138 valence electrons. The Morgan fingerprint density at radius 2 is 1.04 bits per heavy atom. The molecule has 1 amide bonds. The highest BCUT2D eigenvalue weighted by Gasteiger charge is 1.97. The van der Waals surface area contributed by atoms with E-state index in [9.17, 15) is 4.79 Å². The van der Waals surface area contributed by atoms with Gasteiger partial charge in [0.15, 0.2) is 0 Å². The lowest BCUT2D eigenvalue weighted by molar-refractivity contribution is -0.0156. The van der Waals surface area contributed by atoms with Crippen molar-refractivity contribution in [3.63, 3.8) is 0 Å². The van der Waals surface area contributed by atoms with E-state index in [1.54, 1.807) is 0 Å². The van der Waals surface area contributed by atoms with Gasteiger partial charge in [-0.15, -0.1) is 0 Å². The molecule has 0 rings (SSSR count). The van der Waals surface area contributed by atoms with Crippen LogP contribution in [0.15, 0.2) is 0 Å². The number of nitrogens with one attached hydrogen (secondary N) is 1. The minimum Gasteiger partial charge on any atom is -0.447 e. The van der Waals surface area contributed by atoms with Gasteiger partial charge in [-0.05, 0) is 0 Å². The molecule has 0 aliphatic heterocycles. The third kappa shape index (κ3) is 19.0. The summed E-state index contributed by atoms with van der Waals surface area (Å²) in [6.07, 6.45) is -0.469. The normalized spacial score (nSPS) is 10.7. The van der Waals surface area contributed by atoms with Crippen molar-refractivity contribution in [1.82, 2.24) is 5.32 Å². The number of carbonyl (C=O) groups excluding carboxylic acids is 1. The number of aliphatic hydroxyl groups is 1. The lowest BCUT2D eigenvalue weighted by Gasteiger charge is -2.08. The summed E-state index contributed by atoms with van der Waals surface area (Å²) in [6.45, 7) is 4.74. The number of hydrogen-bond donors (Lipinski definition) is 2. The maximum Gasteiger partial charge on any atom is 0.406 e. The van der Waals surface area contributed by atoms with Crippen LogP contribution in [0.25, 0.3) is 0 Å². The van der Waals surface area contributed by atoms with Gasteiger partial charge in [-0.2, -0.15) is 0 Å². The standard InChI is InChI=1S/C14H29NO8/c1-15-14(17)23-13-12-22-11-10-21-9-8-20-7-6-19-5-4-18-3-2-16/h16H,2-13H2,1H3,(H,15,17). The highest BCUT2D eigenvalue weighted by Crippen LogP contribution is 1.84. The second kappa shape index (κ2) is 19.1. The third-order valence-corrected chi connectivity index (χ3v) is 2.39. The minimum atomic E-state index is -0.469. The lowest BCUT2D eigenvalue weighted by Crippen LogP contribution is -2.21. The molecule has 0 saturated carbocycles. The van der Waals surface area contributed by atoms with Crippen LogP contribution in [0.2, 0.25) is 0 Å². The van der Waals surface area contributed by atoms with Crippen molar-refractivity contribution in [2.24, 2.45) is 0 Å². The summed E-state index contributed by atoms with van der Waals surface area (Å²) in [5, 5.41) is 10.8. The van der Waals surface area contributed by atoms with Crippen LogP contribution in [-0.4, -0.2) is 97.5 Å². The molecule has 0 atom stereocenters. The topological polar surface area (TPSA) is 105 Å². The van der Waals surface area contributed by atoms with Crippen molar-refractivity contribution in [3.8, 4) is 0 Å². The average molecular weight is 339 g/mol. The van der Waals surface area contributed by atoms with Gasteiger partial charge in [0.2, 0.25) is 0 Å². The van der Waals surface area contributed by atoms with Crippen LogP contribution >= 0.6 is 0 Å². The van der Waals surface area contributed by atoms with E-state index in [1.807, 2.05) is 0 Å². The summed E-state index contributed by atoms with van der Waals surface area (Å²) in [5.74, 6) is 0. The number of aliphatic hydroxyl groups excluding tert-OH is 1. The zero-order valence-corrected chi connectivity index (χ0v) is 13.8. The highest BCUT2D eigenvalue weighted by atomic mass is 16.6. The predicted molar refractivity (Wildman–Crippen MR) is 81.6 cm³/mol. The first-order valence-corrected chi connectivity index (χ1v) is 7.65. The number of amides is 1. The van der Waals surface area contributed by atoms with Gasteiger partial charge in [-0.3, -0.25) is 0 Å². The van der Waals surface area contributed by atoms with Crippen molar-refractivity contribution in [1.29, 1.82) is 0 Å². The SMILES string of the molecule is CNC(=O)OCCOCCOCCOCCOCCOCCO. The summed E-state index contributed by atoms with van der Waals surface area (Å²) in [7, 11) is 1.50. The van der Waals surface area contributed by atoms with Gasteiger partial charge in [0, 0.05) is 7.05 Å². The molecule has 0 aliphatic rings. The molecule has 0 aromatic rings. The molecule has 0 spiro atoms. The van der Waals surface area contributed by atoms with Gasteiger partial charge < -0.3 is 38.8 Å². The molecule has 9 nitrogen and oxygen atoms in total. The van der Waals surface area contributed by atoms with Gasteiger partial charge in [0.05, 0.1) is 72.7 Å². The molecule has 0 bridgehead atoms. The Bertz CT molecular complexity index is 255. The summed E-state index contributed by atoms with van der Waals surface area (Å²) < 4.78 is 30.8. The molecule has 0 radical (unpaired) electrons. The van der Waals surface area contributed by atoms with Crippen molar-refractivity contribution < 1.29 is 38.3 Å². The zero-order chi connectivity index (χ0) is 17.0. The fourth-order valence-corrected chi connectivity index (χ4v) is 1.31. The Hall–Kier alpha value is -0.970. The van der Waals surface area contributed by atoms with Crippen LogP contribution in [0.3, 0.4) is 0 Å². The van der Waals surface area contributed by atoms with Gasteiger partial charge in [0.25, 0.3) is 0 Å². The quantitative estimate of drug-likeness (QED) is 0.339. The van der Waals surface area contributed by atoms with Crippen LogP contribution in [-0.2, 0) is 28.4 Å². The van der Waals surface area contributed by atoms with Crippen LogP contribution in [0.5, 0.6) is 0 Å². The molecular weight excluding hydrogens is 310 g/mol. The predicted octanol–water partition coefficient (Wildman–Crippen LogP) is -0.582. The molecule has 0 heterocycles. The molecule has 0 aliphatic carbocycles. The Morgan fingerprint density at radius 3 is 1.39 bits per heavy atom. The molecule has 0 fully saturated rings. The number of alkyl carbamates (subject to hydrolysis) is 1. The summed E-state index contributed by atoms with van der Waals surface area (Å²) in [5.41, 5.74) is 0. The molecule has 0 aromatic carbocycles. The van der Waals surface area contributed by atoms with Gasteiger partial charge in [0.1, 0.15) is 6.61 Å². The molecular formula is C14H29NO8. The van der Waals surface area contributed by atoms with E-state index >= 15 is 0 Å². The van der Waals surface area contributed by atoms with Gasteiger partial charge in [-0.1, -0.05) is 0 Å². The molecule has 23 heavy (non-hydrogen) atoms. The molecule has 0 saturated heterocycles. The molecule has 9 heteroatoms. The monoisotopic (exact) mass is 339 g/mol. The smallest absolute Gasteiger partial charge is 0.406 e. The minimum absolute atomic E-state index is 0.0257. The van der Waals surface area contributed by atoms with E-state index in [0.717, 1.165) is 0 Å². The largest absolute Gasteiger partial charge is 0.447 e. The average Bonchev–Trinajstić information content (AvgIpc) is 2.57. The Morgan fingerprint density at radius 1 is 0.696 bits per heavy atom. The Kier molecular flexibility index (Phi) is 18.3. The van der Waals surface area contributed by atoms with Crippen molar-refractivity contribution in [3.05, 3.63) is 0 Å². The Balaban J connectivity index is 2.99. The number of rotatable bonds is 17. The van der Waals surface area contributed by atoms with E-state index in [4.69, 9.17) is 33.5 Å². The van der Waals surface area contributed by atoms with Crippen LogP contribution in [0, 0.1) is 0 Å². The van der Waals surface area contributed by atoms with E-state index in [1.165, 1.54) is 7.05 Å². The van der Waals surface area contributed by atoms with Crippen molar-refractivity contribution in [2.45, 2.75) is 0 Å². The summed E-state index contributed by atoms with van der Waals surface area (Å²) in [6, 6.07) is 0. The third-order valence-electron chi connectivity index (χ3n) is 2.39. The maximum atomic E-state index is 10.7. The van der Waals surface area contributed by atoms with Gasteiger partial charge in [-0.25, -0.2) is 4.79 Å². The second-order valence-electron chi connectivity index (χ2n) is 4.17. The highest BCUT2D eigenvalue weighted by molar-refractivity contribution is 5.66. The second-order valence-corrected chi connectivity index (χ2v) is 4.17. The zero-order valence-electron chi connectivity index (χ0n) is 13.8. The van der Waals surface area contributed by atoms with Gasteiger partial charge >= 0.3 is 6.09 Å². The number of carbonyl (C=O) groups is 1. The van der Waals surface area contributed by atoms with Crippen LogP contribution < -0.4 is 5.32 Å². The van der Waals surface area contributed by atoms with Crippen molar-refractivity contribution in [2.75, 3.05) is 86.3 Å². The first kappa shape index (κ1) is 22.0. The Labute approximate surface area is 137 Å². The lowest BCUT2D eigenvalue weighted by atomic mass is 10.7. The first-order chi connectivity index (χ1) is 11.3.